The van der Waals surface area contributed by atoms with Crippen molar-refractivity contribution in [3.8, 4) is 17.1 Å². The fourth-order valence-corrected chi connectivity index (χ4v) is 3.32. The predicted octanol–water partition coefficient (Wildman–Crippen LogP) is 3.60. The van der Waals surface area contributed by atoms with Crippen molar-refractivity contribution in [2.45, 2.75) is 39.8 Å². The van der Waals surface area contributed by atoms with E-state index < -0.39 is 0 Å². The molecule has 1 N–H and O–H groups in total. The zero-order chi connectivity index (χ0) is 21.1. The van der Waals surface area contributed by atoms with Gasteiger partial charge in [0.05, 0.1) is 36.3 Å². The number of anilines is 1. The van der Waals surface area contributed by atoms with Crippen molar-refractivity contribution in [1.29, 1.82) is 0 Å². The third kappa shape index (κ3) is 3.83. The van der Waals surface area contributed by atoms with Gasteiger partial charge in [-0.15, -0.1) is 0 Å². The number of aryl methyl sites for hydroxylation is 1. The monoisotopic (exact) mass is 406 g/mol. The van der Waals surface area contributed by atoms with E-state index in [1.54, 1.807) is 17.2 Å². The van der Waals surface area contributed by atoms with Gasteiger partial charge in [-0.2, -0.15) is 10.2 Å². The third-order valence-electron chi connectivity index (χ3n) is 4.97. The maximum atomic E-state index is 5.72. The fourth-order valence-electron chi connectivity index (χ4n) is 3.32. The highest BCUT2D eigenvalue weighted by molar-refractivity contribution is 5.91. The zero-order valence-corrected chi connectivity index (χ0v) is 17.7. The first-order valence-corrected chi connectivity index (χ1v) is 10.2. The number of ether oxygens (including phenoxy) is 1. The van der Waals surface area contributed by atoms with Crippen molar-refractivity contribution in [1.82, 2.24) is 34.5 Å². The molecule has 0 bridgehead atoms. The van der Waals surface area contributed by atoms with Crippen LogP contribution in [0.3, 0.4) is 0 Å². The Kier molecular flexibility index (Phi) is 5.60. The summed E-state index contributed by atoms with van der Waals surface area (Å²) in [5, 5.41) is 12.5. The molecule has 0 aromatic carbocycles. The summed E-state index contributed by atoms with van der Waals surface area (Å²) in [7, 11) is 1.86. The van der Waals surface area contributed by atoms with Gasteiger partial charge in [0.15, 0.2) is 5.82 Å². The molecule has 0 saturated heterocycles. The van der Waals surface area contributed by atoms with Crippen LogP contribution in [0.2, 0.25) is 0 Å². The van der Waals surface area contributed by atoms with Crippen LogP contribution in [0.4, 0.5) is 5.69 Å². The molecule has 0 unspecified atom stereocenters. The van der Waals surface area contributed by atoms with Crippen molar-refractivity contribution in [2.75, 3.05) is 11.9 Å². The Hall–Kier alpha value is -3.49. The van der Waals surface area contributed by atoms with Crippen LogP contribution in [0.15, 0.2) is 36.9 Å². The number of aromatic nitrogens is 7. The lowest BCUT2D eigenvalue weighted by molar-refractivity contribution is 0.328. The molecule has 0 fully saturated rings. The molecule has 4 heterocycles. The number of pyridine rings is 2. The minimum Gasteiger partial charge on any atom is -0.477 e. The minimum absolute atomic E-state index is 0.251. The average molecular weight is 406 g/mol. The molecule has 30 heavy (non-hydrogen) atoms. The van der Waals surface area contributed by atoms with E-state index in [2.05, 4.69) is 39.3 Å². The van der Waals surface area contributed by atoms with Crippen LogP contribution >= 0.6 is 0 Å². The molecule has 0 radical (unpaired) electrons. The molecule has 156 valence electrons. The number of rotatable bonds is 8. The summed E-state index contributed by atoms with van der Waals surface area (Å²) in [4.78, 5) is 13.6. The molecular weight excluding hydrogens is 380 g/mol. The molecule has 4 aromatic heterocycles. The average Bonchev–Trinajstić information content (AvgIpc) is 3.38. The molecule has 0 saturated carbocycles. The lowest BCUT2D eigenvalue weighted by Crippen LogP contribution is -2.09. The normalized spacial score (nSPS) is 12.3. The Morgan fingerprint density at radius 2 is 2.10 bits per heavy atom. The van der Waals surface area contributed by atoms with E-state index in [1.807, 2.05) is 43.0 Å². The molecular formula is C21H26N8O. The Morgan fingerprint density at radius 1 is 1.23 bits per heavy atom. The largest absolute Gasteiger partial charge is 0.477 e. The van der Waals surface area contributed by atoms with Crippen molar-refractivity contribution in [3.05, 3.63) is 42.7 Å². The highest BCUT2D eigenvalue weighted by Crippen LogP contribution is 2.33. The van der Waals surface area contributed by atoms with Gasteiger partial charge in [0.25, 0.3) is 0 Å². The lowest BCUT2D eigenvalue weighted by atomic mass is 10.1. The van der Waals surface area contributed by atoms with E-state index >= 15 is 0 Å². The van der Waals surface area contributed by atoms with E-state index in [4.69, 9.17) is 9.72 Å². The number of nitrogens with zero attached hydrogens (tertiary/aromatic N) is 7. The van der Waals surface area contributed by atoms with E-state index in [0.717, 1.165) is 40.2 Å². The standard InChI is InChI=1S/C21H26N8O/c1-5-14(3)29-20-17(23-12-19-24-13-28(4)27-19)10-16(26-18(20)11-25-29)15-8-7-9-22-21(15)30-6-2/h7-11,13-14H,5-6,12H2,1-4H3,(H,23,26)/t14-/m1/s1. The summed E-state index contributed by atoms with van der Waals surface area (Å²) in [6.07, 6.45) is 6.20. The molecule has 4 aromatic rings. The van der Waals surface area contributed by atoms with Gasteiger partial charge in [-0.1, -0.05) is 6.92 Å². The van der Waals surface area contributed by atoms with Gasteiger partial charge in [-0.3, -0.25) is 9.36 Å². The van der Waals surface area contributed by atoms with Crippen molar-refractivity contribution in [2.24, 2.45) is 7.05 Å². The molecule has 9 heteroatoms. The Labute approximate surface area is 175 Å². The van der Waals surface area contributed by atoms with E-state index in [9.17, 15) is 0 Å². The van der Waals surface area contributed by atoms with Gasteiger partial charge in [0.1, 0.15) is 17.4 Å². The zero-order valence-electron chi connectivity index (χ0n) is 17.7. The summed E-state index contributed by atoms with van der Waals surface area (Å²) >= 11 is 0. The Bertz CT molecular complexity index is 1150. The van der Waals surface area contributed by atoms with Crippen molar-refractivity contribution >= 4 is 16.7 Å². The van der Waals surface area contributed by atoms with Crippen LogP contribution in [-0.2, 0) is 13.6 Å². The maximum absolute atomic E-state index is 5.72. The van der Waals surface area contributed by atoms with Crippen LogP contribution in [0.1, 0.15) is 39.1 Å². The molecule has 0 aliphatic carbocycles. The van der Waals surface area contributed by atoms with Crippen LogP contribution in [0.5, 0.6) is 5.88 Å². The smallest absolute Gasteiger partial charge is 0.222 e. The Balaban J connectivity index is 1.82. The van der Waals surface area contributed by atoms with Gasteiger partial charge in [0, 0.05) is 19.3 Å². The highest BCUT2D eigenvalue weighted by atomic mass is 16.5. The van der Waals surface area contributed by atoms with Crippen LogP contribution in [0, 0.1) is 0 Å². The van der Waals surface area contributed by atoms with Crippen LogP contribution in [0.25, 0.3) is 22.3 Å². The van der Waals surface area contributed by atoms with Crippen molar-refractivity contribution in [3.63, 3.8) is 0 Å². The third-order valence-corrected chi connectivity index (χ3v) is 4.97. The molecule has 9 nitrogen and oxygen atoms in total. The van der Waals surface area contributed by atoms with E-state index in [-0.39, 0.29) is 6.04 Å². The molecule has 0 aliphatic rings. The summed E-state index contributed by atoms with van der Waals surface area (Å²) in [6.45, 7) is 7.27. The predicted molar refractivity (Wildman–Crippen MR) is 115 cm³/mol. The number of fused-ring (bicyclic) bond motifs is 1. The molecule has 4 rings (SSSR count). The first kappa shape index (κ1) is 19.8. The number of nitrogens with one attached hydrogen (secondary N) is 1. The second-order valence-corrected chi connectivity index (χ2v) is 7.11. The maximum Gasteiger partial charge on any atom is 0.222 e. The van der Waals surface area contributed by atoms with Crippen molar-refractivity contribution < 1.29 is 4.74 Å². The second kappa shape index (κ2) is 8.48. The quantitative estimate of drug-likeness (QED) is 0.477. The first-order valence-electron chi connectivity index (χ1n) is 10.2. The summed E-state index contributed by atoms with van der Waals surface area (Å²) in [6, 6.07) is 6.12. The lowest BCUT2D eigenvalue weighted by Gasteiger charge is -2.15. The SMILES string of the molecule is CCOc1ncccc1-c1cc(NCc2ncn(C)n2)c2c(cnn2[C@H](C)CC)n1. The van der Waals surface area contributed by atoms with E-state index in [0.29, 0.717) is 19.0 Å². The Morgan fingerprint density at radius 3 is 2.83 bits per heavy atom. The number of hydrogen-bond acceptors (Lipinski definition) is 7. The van der Waals surface area contributed by atoms with Gasteiger partial charge in [0.2, 0.25) is 5.88 Å². The number of hydrogen-bond donors (Lipinski definition) is 1. The minimum atomic E-state index is 0.251. The first-order chi connectivity index (χ1) is 14.6. The van der Waals surface area contributed by atoms with Gasteiger partial charge in [-0.25, -0.2) is 15.0 Å². The van der Waals surface area contributed by atoms with E-state index in [1.165, 1.54) is 0 Å². The molecule has 1 atom stereocenters. The topological polar surface area (TPSA) is 95.6 Å². The van der Waals surface area contributed by atoms with Gasteiger partial charge >= 0.3 is 0 Å². The molecule has 0 aliphatic heterocycles. The highest BCUT2D eigenvalue weighted by Gasteiger charge is 2.18. The van der Waals surface area contributed by atoms with Crippen LogP contribution < -0.4 is 10.1 Å². The summed E-state index contributed by atoms with van der Waals surface area (Å²) in [5.74, 6) is 1.29. The summed E-state index contributed by atoms with van der Waals surface area (Å²) < 4.78 is 9.43. The van der Waals surface area contributed by atoms with Gasteiger partial charge < -0.3 is 10.1 Å². The fraction of sp³-hybridized carbons (Fsp3) is 0.381. The summed E-state index contributed by atoms with van der Waals surface area (Å²) in [5.41, 5.74) is 4.32. The molecule has 0 spiro atoms. The molecule has 0 amide bonds. The van der Waals surface area contributed by atoms with Crippen LogP contribution in [-0.4, -0.2) is 41.1 Å². The second-order valence-electron chi connectivity index (χ2n) is 7.11. The van der Waals surface area contributed by atoms with Gasteiger partial charge in [-0.05, 0) is 38.5 Å².